The van der Waals surface area contributed by atoms with Crippen LogP contribution in [0.25, 0.3) is 0 Å². The van der Waals surface area contributed by atoms with E-state index in [2.05, 4.69) is 5.32 Å². The van der Waals surface area contributed by atoms with Crippen LogP contribution in [0.5, 0.6) is 11.5 Å². The first-order valence-corrected chi connectivity index (χ1v) is 7.16. The molecule has 5 nitrogen and oxygen atoms in total. The SMILES string of the molecule is COc1ccc(C)cc1NC(=O)C(C)Oc1ccccc1C#N. The van der Waals surface area contributed by atoms with Gasteiger partial charge in [0.1, 0.15) is 17.6 Å². The number of ether oxygens (including phenoxy) is 2. The molecule has 0 saturated heterocycles. The molecule has 1 amide bonds. The molecular formula is C18H18N2O3. The zero-order valence-electron chi connectivity index (χ0n) is 13.3. The molecule has 23 heavy (non-hydrogen) atoms. The Morgan fingerprint density at radius 1 is 1.22 bits per heavy atom. The minimum Gasteiger partial charge on any atom is -0.495 e. The molecule has 0 aromatic heterocycles. The molecule has 2 rings (SSSR count). The highest BCUT2D eigenvalue weighted by Crippen LogP contribution is 2.26. The van der Waals surface area contributed by atoms with Crippen LogP contribution in [0.2, 0.25) is 0 Å². The lowest BCUT2D eigenvalue weighted by Crippen LogP contribution is -2.30. The summed E-state index contributed by atoms with van der Waals surface area (Å²) >= 11 is 0. The molecule has 1 atom stereocenters. The summed E-state index contributed by atoms with van der Waals surface area (Å²) in [5.41, 5.74) is 1.98. The summed E-state index contributed by atoms with van der Waals surface area (Å²) in [4.78, 5) is 12.3. The van der Waals surface area contributed by atoms with E-state index >= 15 is 0 Å². The molecule has 5 heteroatoms. The topological polar surface area (TPSA) is 71.3 Å². The Morgan fingerprint density at radius 2 is 1.96 bits per heavy atom. The number of nitriles is 1. The first-order valence-electron chi connectivity index (χ1n) is 7.16. The van der Waals surface area contributed by atoms with E-state index in [1.807, 2.05) is 25.1 Å². The van der Waals surface area contributed by atoms with Crippen LogP contribution in [0.1, 0.15) is 18.1 Å². The fourth-order valence-corrected chi connectivity index (χ4v) is 2.06. The van der Waals surface area contributed by atoms with Gasteiger partial charge in [-0.2, -0.15) is 5.26 Å². The van der Waals surface area contributed by atoms with Crippen molar-refractivity contribution in [2.45, 2.75) is 20.0 Å². The van der Waals surface area contributed by atoms with Gasteiger partial charge in [0.15, 0.2) is 6.10 Å². The quantitative estimate of drug-likeness (QED) is 0.920. The number of para-hydroxylation sites is 1. The maximum absolute atomic E-state index is 12.3. The molecule has 1 N–H and O–H groups in total. The van der Waals surface area contributed by atoms with Crippen molar-refractivity contribution in [2.24, 2.45) is 0 Å². The van der Waals surface area contributed by atoms with Gasteiger partial charge in [0, 0.05) is 0 Å². The number of carbonyl (C=O) groups excluding carboxylic acids is 1. The fraction of sp³-hybridized carbons (Fsp3) is 0.222. The minimum atomic E-state index is -0.755. The van der Waals surface area contributed by atoms with Gasteiger partial charge in [0.25, 0.3) is 5.91 Å². The van der Waals surface area contributed by atoms with Gasteiger partial charge in [0.05, 0.1) is 18.4 Å². The number of rotatable bonds is 5. The van der Waals surface area contributed by atoms with E-state index in [4.69, 9.17) is 14.7 Å². The van der Waals surface area contributed by atoms with Crippen molar-refractivity contribution < 1.29 is 14.3 Å². The number of anilines is 1. The Hall–Kier alpha value is -3.00. The number of methoxy groups -OCH3 is 1. The molecule has 2 aromatic rings. The van der Waals surface area contributed by atoms with Crippen LogP contribution in [-0.2, 0) is 4.79 Å². The lowest BCUT2D eigenvalue weighted by Gasteiger charge is -2.17. The highest BCUT2D eigenvalue weighted by Gasteiger charge is 2.18. The van der Waals surface area contributed by atoms with Gasteiger partial charge in [-0.05, 0) is 43.7 Å². The van der Waals surface area contributed by atoms with Crippen LogP contribution < -0.4 is 14.8 Å². The molecule has 118 valence electrons. The third kappa shape index (κ3) is 4.01. The van der Waals surface area contributed by atoms with Crippen LogP contribution in [-0.4, -0.2) is 19.1 Å². The lowest BCUT2D eigenvalue weighted by molar-refractivity contribution is -0.122. The summed E-state index contributed by atoms with van der Waals surface area (Å²) < 4.78 is 10.8. The monoisotopic (exact) mass is 310 g/mol. The molecule has 0 aliphatic rings. The second kappa shape index (κ2) is 7.32. The van der Waals surface area contributed by atoms with E-state index in [0.29, 0.717) is 22.7 Å². The molecule has 0 bridgehead atoms. The summed E-state index contributed by atoms with van der Waals surface area (Å²) in [6.45, 7) is 3.56. The third-order valence-corrected chi connectivity index (χ3v) is 3.29. The van der Waals surface area contributed by atoms with Crippen molar-refractivity contribution in [1.29, 1.82) is 5.26 Å². The van der Waals surface area contributed by atoms with Gasteiger partial charge in [-0.25, -0.2) is 0 Å². The van der Waals surface area contributed by atoms with E-state index in [9.17, 15) is 4.79 Å². The maximum atomic E-state index is 12.3. The smallest absolute Gasteiger partial charge is 0.265 e. The highest BCUT2D eigenvalue weighted by molar-refractivity contribution is 5.95. The first kappa shape index (κ1) is 16.4. The predicted molar refractivity (Wildman–Crippen MR) is 87.6 cm³/mol. The number of hydrogen-bond acceptors (Lipinski definition) is 4. The third-order valence-electron chi connectivity index (χ3n) is 3.29. The van der Waals surface area contributed by atoms with Crippen molar-refractivity contribution >= 4 is 11.6 Å². The van der Waals surface area contributed by atoms with Crippen LogP contribution in [0.4, 0.5) is 5.69 Å². The molecule has 0 spiro atoms. The largest absolute Gasteiger partial charge is 0.495 e. The van der Waals surface area contributed by atoms with Crippen LogP contribution in [0, 0.1) is 18.3 Å². The van der Waals surface area contributed by atoms with Gasteiger partial charge < -0.3 is 14.8 Å². The van der Waals surface area contributed by atoms with Gasteiger partial charge in [-0.3, -0.25) is 4.79 Å². The summed E-state index contributed by atoms with van der Waals surface area (Å²) in [6.07, 6.45) is -0.755. The van der Waals surface area contributed by atoms with Gasteiger partial charge in [-0.1, -0.05) is 18.2 Å². The molecule has 0 aliphatic carbocycles. The average Bonchev–Trinajstić information content (AvgIpc) is 2.55. The summed E-state index contributed by atoms with van der Waals surface area (Å²) in [6, 6.07) is 14.4. The van der Waals surface area contributed by atoms with Gasteiger partial charge >= 0.3 is 0 Å². The first-order chi connectivity index (χ1) is 11.0. The van der Waals surface area contributed by atoms with E-state index in [1.165, 1.54) is 0 Å². The molecule has 0 heterocycles. The van der Waals surface area contributed by atoms with E-state index < -0.39 is 6.10 Å². The fourth-order valence-electron chi connectivity index (χ4n) is 2.06. The van der Waals surface area contributed by atoms with Gasteiger partial charge in [-0.15, -0.1) is 0 Å². The molecule has 0 saturated carbocycles. The molecule has 0 aliphatic heterocycles. The normalized spacial score (nSPS) is 11.2. The summed E-state index contributed by atoms with van der Waals surface area (Å²) in [5.74, 6) is 0.643. The lowest BCUT2D eigenvalue weighted by atomic mass is 10.2. The zero-order valence-corrected chi connectivity index (χ0v) is 13.3. The predicted octanol–water partition coefficient (Wildman–Crippen LogP) is 3.28. The molecular weight excluding hydrogens is 292 g/mol. The van der Waals surface area contributed by atoms with E-state index in [-0.39, 0.29) is 5.91 Å². The molecule has 0 fully saturated rings. The van der Waals surface area contributed by atoms with Gasteiger partial charge in [0.2, 0.25) is 0 Å². The standard InChI is InChI=1S/C18H18N2O3/c1-12-8-9-17(22-3)15(10-12)20-18(21)13(2)23-16-7-5-4-6-14(16)11-19/h4-10,13H,1-3H3,(H,20,21). The second-order valence-corrected chi connectivity index (χ2v) is 5.06. The Morgan fingerprint density at radius 3 is 2.65 bits per heavy atom. The number of hydrogen-bond donors (Lipinski definition) is 1. The maximum Gasteiger partial charge on any atom is 0.265 e. The Kier molecular flexibility index (Phi) is 5.21. The van der Waals surface area contributed by atoms with Crippen molar-refractivity contribution in [3.8, 4) is 17.6 Å². The average molecular weight is 310 g/mol. The van der Waals surface area contributed by atoms with Crippen LogP contribution >= 0.6 is 0 Å². The Balaban J connectivity index is 2.12. The van der Waals surface area contributed by atoms with Crippen LogP contribution in [0.3, 0.4) is 0 Å². The minimum absolute atomic E-state index is 0.318. The number of amides is 1. The number of benzene rings is 2. The number of carbonyl (C=O) groups is 1. The second-order valence-electron chi connectivity index (χ2n) is 5.06. The molecule has 1 unspecified atom stereocenters. The van der Waals surface area contributed by atoms with E-state index in [1.54, 1.807) is 44.4 Å². The van der Waals surface area contributed by atoms with Crippen molar-refractivity contribution in [2.75, 3.05) is 12.4 Å². The highest BCUT2D eigenvalue weighted by atomic mass is 16.5. The number of nitrogens with one attached hydrogen (secondary N) is 1. The van der Waals surface area contributed by atoms with E-state index in [0.717, 1.165) is 5.56 Å². The number of aryl methyl sites for hydroxylation is 1. The summed E-state index contributed by atoms with van der Waals surface area (Å²) in [7, 11) is 1.55. The van der Waals surface area contributed by atoms with Crippen molar-refractivity contribution in [3.63, 3.8) is 0 Å². The summed E-state index contributed by atoms with van der Waals surface area (Å²) in [5, 5.41) is 11.8. The molecule has 0 radical (unpaired) electrons. The Bertz CT molecular complexity index is 750. The van der Waals surface area contributed by atoms with Crippen LogP contribution in [0.15, 0.2) is 42.5 Å². The molecule has 2 aromatic carbocycles. The number of nitrogens with zero attached hydrogens (tertiary/aromatic N) is 1. The Labute approximate surface area is 135 Å². The van der Waals surface area contributed by atoms with Crippen molar-refractivity contribution in [1.82, 2.24) is 0 Å². The zero-order chi connectivity index (χ0) is 16.8. The van der Waals surface area contributed by atoms with Crippen molar-refractivity contribution in [3.05, 3.63) is 53.6 Å².